The van der Waals surface area contributed by atoms with E-state index in [2.05, 4.69) is 12.6 Å². The number of thiol groups is 1. The average molecular weight is 157 g/mol. The molecule has 1 rings (SSSR count). The number of amides is 2. The summed E-state index contributed by atoms with van der Waals surface area (Å²) >= 11 is 3.75. The third kappa shape index (κ3) is 1.21. The maximum atomic E-state index is 10.8. The third-order valence-corrected chi connectivity index (χ3v) is 1.44. The summed E-state index contributed by atoms with van der Waals surface area (Å²) in [5, 5.41) is 1.38. The molecule has 10 heavy (non-hydrogen) atoms. The monoisotopic (exact) mass is 157 g/mol. The van der Waals surface area contributed by atoms with E-state index in [9.17, 15) is 9.59 Å². The Morgan fingerprint density at radius 1 is 1.30 bits per heavy atom. The summed E-state index contributed by atoms with van der Waals surface area (Å²) in [5.74, 6) is -0.286. The van der Waals surface area contributed by atoms with Crippen molar-refractivity contribution in [2.75, 3.05) is 0 Å². The van der Waals surface area contributed by atoms with Gasteiger partial charge >= 0.3 is 0 Å². The summed E-state index contributed by atoms with van der Waals surface area (Å²) in [5.41, 5.74) is 0. The van der Waals surface area contributed by atoms with Gasteiger partial charge in [0.25, 0.3) is 0 Å². The highest BCUT2D eigenvalue weighted by Crippen LogP contribution is 2.11. The molecule has 0 bridgehead atoms. The lowest BCUT2D eigenvalue weighted by Gasteiger charge is -2.04. The van der Waals surface area contributed by atoms with Crippen LogP contribution in [0.3, 0.4) is 0 Å². The van der Waals surface area contributed by atoms with Crippen molar-refractivity contribution in [3.05, 3.63) is 11.6 Å². The van der Waals surface area contributed by atoms with Crippen molar-refractivity contribution in [3.8, 4) is 0 Å². The van der Waals surface area contributed by atoms with Crippen LogP contribution in [0.2, 0.25) is 0 Å². The highest BCUT2D eigenvalue weighted by Gasteiger charge is 2.26. The second kappa shape index (κ2) is 2.88. The molecule has 2 amide bonds. The van der Waals surface area contributed by atoms with Crippen LogP contribution in [0.4, 0.5) is 0 Å². The molecule has 0 saturated carbocycles. The molecule has 0 atom stereocenters. The molecule has 1 heterocycles. The maximum Gasteiger partial charge on any atom is 0.233 e. The van der Waals surface area contributed by atoms with Crippen LogP contribution in [0.25, 0.3) is 0 Å². The minimum Gasteiger partial charge on any atom is -0.274 e. The first kappa shape index (κ1) is 7.34. The van der Waals surface area contributed by atoms with Gasteiger partial charge in [-0.1, -0.05) is 0 Å². The average Bonchev–Trinajstić information content (AvgIpc) is 2.20. The molecule has 0 aromatic carbocycles. The van der Waals surface area contributed by atoms with Crippen LogP contribution in [-0.2, 0) is 9.59 Å². The van der Waals surface area contributed by atoms with E-state index < -0.39 is 0 Å². The number of hydrogen-bond acceptors (Lipinski definition) is 3. The topological polar surface area (TPSA) is 37.4 Å². The normalized spacial score (nSPS) is 19.5. The fraction of sp³-hybridized carbons (Fsp3) is 0.333. The van der Waals surface area contributed by atoms with Crippen LogP contribution < -0.4 is 0 Å². The maximum absolute atomic E-state index is 10.8. The molecule has 0 N–H and O–H groups in total. The first-order valence-corrected chi connectivity index (χ1v) is 3.43. The van der Waals surface area contributed by atoms with Crippen molar-refractivity contribution < 1.29 is 9.59 Å². The second-order valence-electron chi connectivity index (χ2n) is 1.96. The van der Waals surface area contributed by atoms with E-state index in [4.69, 9.17) is 0 Å². The Labute approximate surface area is 64.1 Å². The van der Waals surface area contributed by atoms with Gasteiger partial charge in [-0.15, -0.1) is 12.6 Å². The van der Waals surface area contributed by atoms with Crippen LogP contribution in [0.5, 0.6) is 0 Å². The lowest BCUT2D eigenvalue weighted by atomic mass is 10.4. The van der Waals surface area contributed by atoms with Crippen molar-refractivity contribution in [1.82, 2.24) is 4.90 Å². The van der Waals surface area contributed by atoms with E-state index in [0.29, 0.717) is 12.8 Å². The van der Waals surface area contributed by atoms with Gasteiger partial charge < -0.3 is 0 Å². The fourth-order valence-electron chi connectivity index (χ4n) is 0.827. The van der Waals surface area contributed by atoms with E-state index in [1.807, 2.05) is 0 Å². The molecule has 0 spiro atoms. The number of nitrogens with zero attached hydrogens (tertiary/aromatic N) is 1. The number of imide groups is 1. The molecular weight excluding hydrogens is 150 g/mol. The lowest BCUT2D eigenvalue weighted by Crippen LogP contribution is -2.22. The second-order valence-corrected chi connectivity index (χ2v) is 2.25. The molecule has 1 aliphatic heterocycles. The number of carbonyl (C=O) groups is 2. The SMILES string of the molecule is O=C1CCC(=O)N1/C=C/S. The third-order valence-electron chi connectivity index (χ3n) is 1.31. The van der Waals surface area contributed by atoms with E-state index >= 15 is 0 Å². The molecule has 0 aliphatic carbocycles. The van der Waals surface area contributed by atoms with Gasteiger partial charge in [-0.25, -0.2) is 0 Å². The van der Waals surface area contributed by atoms with Gasteiger partial charge in [-0.3, -0.25) is 14.5 Å². The predicted octanol–water partition coefficient (Wildman–Crippen LogP) is 0.536. The summed E-state index contributed by atoms with van der Waals surface area (Å²) < 4.78 is 0. The van der Waals surface area contributed by atoms with Gasteiger partial charge in [0.2, 0.25) is 11.8 Å². The number of likely N-dealkylation sites (tertiary alicyclic amines) is 1. The number of hydrogen-bond donors (Lipinski definition) is 1. The number of carbonyl (C=O) groups excluding carboxylic acids is 2. The molecule has 54 valence electrons. The van der Waals surface area contributed by atoms with Gasteiger partial charge in [-0.2, -0.15) is 0 Å². The van der Waals surface area contributed by atoms with Crippen molar-refractivity contribution in [2.45, 2.75) is 12.8 Å². The molecule has 1 fully saturated rings. The Morgan fingerprint density at radius 2 is 1.80 bits per heavy atom. The Kier molecular flexibility index (Phi) is 2.11. The van der Waals surface area contributed by atoms with Crippen LogP contribution >= 0.6 is 12.6 Å². The zero-order chi connectivity index (χ0) is 7.56. The van der Waals surface area contributed by atoms with Crippen LogP contribution in [0.15, 0.2) is 11.6 Å². The van der Waals surface area contributed by atoms with E-state index in [-0.39, 0.29) is 11.8 Å². The highest BCUT2D eigenvalue weighted by atomic mass is 32.1. The Morgan fingerprint density at radius 3 is 2.20 bits per heavy atom. The van der Waals surface area contributed by atoms with Crippen molar-refractivity contribution in [2.24, 2.45) is 0 Å². The largest absolute Gasteiger partial charge is 0.274 e. The Balaban J connectivity index is 2.72. The quantitative estimate of drug-likeness (QED) is 0.445. The van der Waals surface area contributed by atoms with E-state index in [1.54, 1.807) is 0 Å². The zero-order valence-corrected chi connectivity index (χ0v) is 6.17. The zero-order valence-electron chi connectivity index (χ0n) is 5.28. The van der Waals surface area contributed by atoms with Gasteiger partial charge in [-0.05, 0) is 5.41 Å². The van der Waals surface area contributed by atoms with E-state index in [0.717, 1.165) is 4.90 Å². The van der Waals surface area contributed by atoms with Crippen LogP contribution in [0.1, 0.15) is 12.8 Å². The van der Waals surface area contributed by atoms with Crippen molar-refractivity contribution in [3.63, 3.8) is 0 Å². The summed E-state index contributed by atoms with van der Waals surface area (Å²) in [6, 6.07) is 0. The lowest BCUT2D eigenvalue weighted by molar-refractivity contribution is -0.135. The molecule has 3 nitrogen and oxygen atoms in total. The molecular formula is C6H7NO2S. The summed E-state index contributed by atoms with van der Waals surface area (Å²) in [6.45, 7) is 0. The first-order valence-electron chi connectivity index (χ1n) is 2.91. The van der Waals surface area contributed by atoms with Crippen LogP contribution in [-0.4, -0.2) is 16.7 Å². The Bertz CT molecular complexity index is 184. The van der Waals surface area contributed by atoms with Gasteiger partial charge in [0.15, 0.2) is 0 Å². The summed E-state index contributed by atoms with van der Waals surface area (Å²) in [6.07, 6.45) is 2.04. The molecule has 4 heteroatoms. The fourth-order valence-corrected chi connectivity index (χ4v) is 0.960. The van der Waals surface area contributed by atoms with Gasteiger partial charge in [0.1, 0.15) is 0 Å². The minimum absolute atomic E-state index is 0.143. The molecule has 0 unspecified atom stereocenters. The van der Waals surface area contributed by atoms with Gasteiger partial charge in [0.05, 0.1) is 0 Å². The first-order chi connectivity index (χ1) is 4.75. The molecule has 1 saturated heterocycles. The predicted molar refractivity (Wildman–Crippen MR) is 39.2 cm³/mol. The Hall–Kier alpha value is -0.770. The van der Waals surface area contributed by atoms with Crippen LogP contribution in [0, 0.1) is 0 Å². The van der Waals surface area contributed by atoms with Crippen molar-refractivity contribution >= 4 is 24.4 Å². The molecule has 1 aliphatic rings. The molecule has 0 aromatic heterocycles. The minimum atomic E-state index is -0.143. The number of rotatable bonds is 1. The summed E-state index contributed by atoms with van der Waals surface area (Å²) in [7, 11) is 0. The highest BCUT2D eigenvalue weighted by molar-refractivity contribution is 7.83. The summed E-state index contributed by atoms with van der Waals surface area (Å²) in [4.78, 5) is 22.7. The molecule has 0 radical (unpaired) electrons. The van der Waals surface area contributed by atoms with Crippen molar-refractivity contribution in [1.29, 1.82) is 0 Å². The standard InChI is InChI=1S/C6H7NO2S/c8-5-1-2-6(9)7(5)3-4-10/h3-4,10H,1-2H2/b4-3+. The van der Waals surface area contributed by atoms with Gasteiger partial charge in [0, 0.05) is 19.0 Å². The molecule has 0 aromatic rings. The van der Waals surface area contributed by atoms with E-state index in [1.165, 1.54) is 11.6 Å². The smallest absolute Gasteiger partial charge is 0.233 e.